The van der Waals surface area contributed by atoms with Crippen LogP contribution >= 0.6 is 11.3 Å². The summed E-state index contributed by atoms with van der Waals surface area (Å²) in [6, 6.07) is 13.0. The Labute approximate surface area is 223 Å². The summed E-state index contributed by atoms with van der Waals surface area (Å²) in [7, 11) is 0. The van der Waals surface area contributed by atoms with Crippen molar-refractivity contribution in [1.29, 1.82) is 0 Å². The molecular formula is C28H28F3N3O3S. The predicted octanol–water partition coefficient (Wildman–Crippen LogP) is 5.92. The highest BCUT2D eigenvalue weighted by Gasteiger charge is 2.37. The number of likely N-dealkylation sites (tertiary alicyclic amines) is 1. The van der Waals surface area contributed by atoms with Crippen molar-refractivity contribution in [2.24, 2.45) is 0 Å². The monoisotopic (exact) mass is 543 g/mol. The van der Waals surface area contributed by atoms with Crippen LogP contribution < -0.4 is 0 Å². The van der Waals surface area contributed by atoms with E-state index in [2.05, 4.69) is 4.98 Å². The quantitative estimate of drug-likeness (QED) is 0.347. The average Bonchev–Trinajstić information content (AvgIpc) is 3.43. The van der Waals surface area contributed by atoms with Crippen LogP contribution in [0.15, 0.2) is 60.0 Å². The fourth-order valence-corrected chi connectivity index (χ4v) is 5.68. The second-order valence-corrected chi connectivity index (χ2v) is 10.1. The summed E-state index contributed by atoms with van der Waals surface area (Å²) >= 11 is 1.34. The normalized spacial score (nSPS) is 15.2. The molecule has 2 heterocycles. The lowest BCUT2D eigenvalue weighted by atomic mass is 9.96. The summed E-state index contributed by atoms with van der Waals surface area (Å²) in [6.07, 6.45) is -3.55. The van der Waals surface area contributed by atoms with Gasteiger partial charge in [0.25, 0.3) is 11.8 Å². The maximum absolute atomic E-state index is 13.4. The Bertz CT molecular complexity index is 1300. The largest absolute Gasteiger partial charge is 0.417 e. The molecule has 2 aromatic carbocycles. The molecule has 0 radical (unpaired) electrons. The molecule has 0 bridgehead atoms. The smallest absolute Gasteiger partial charge is 0.339 e. The summed E-state index contributed by atoms with van der Waals surface area (Å²) < 4.78 is 40.1. The molecule has 1 unspecified atom stereocenters. The molecule has 2 amide bonds. The molecule has 10 heteroatoms. The van der Waals surface area contributed by atoms with E-state index >= 15 is 0 Å². The van der Waals surface area contributed by atoms with E-state index in [0.29, 0.717) is 38.0 Å². The third-order valence-electron chi connectivity index (χ3n) is 6.84. The minimum atomic E-state index is -4.61. The summed E-state index contributed by atoms with van der Waals surface area (Å²) in [6.45, 7) is 4.44. The third-order valence-corrected chi connectivity index (χ3v) is 7.85. The van der Waals surface area contributed by atoms with Gasteiger partial charge in [-0.3, -0.25) is 14.4 Å². The molecule has 38 heavy (non-hydrogen) atoms. The first-order valence-electron chi connectivity index (χ1n) is 12.4. The van der Waals surface area contributed by atoms with E-state index in [1.54, 1.807) is 36.6 Å². The Morgan fingerprint density at radius 1 is 1.05 bits per heavy atom. The number of thiazole rings is 1. The molecule has 0 aliphatic carbocycles. The van der Waals surface area contributed by atoms with Crippen molar-refractivity contribution in [3.63, 3.8) is 0 Å². The summed E-state index contributed by atoms with van der Waals surface area (Å²) in [4.78, 5) is 46.5. The van der Waals surface area contributed by atoms with Gasteiger partial charge in [0.1, 0.15) is 5.69 Å². The van der Waals surface area contributed by atoms with Crippen molar-refractivity contribution in [1.82, 2.24) is 14.8 Å². The van der Waals surface area contributed by atoms with Gasteiger partial charge in [-0.05, 0) is 38.8 Å². The zero-order valence-corrected chi connectivity index (χ0v) is 21.9. The van der Waals surface area contributed by atoms with Crippen molar-refractivity contribution in [2.45, 2.75) is 44.8 Å². The molecule has 200 valence electrons. The van der Waals surface area contributed by atoms with Crippen molar-refractivity contribution in [3.8, 4) is 0 Å². The standard InChI is InChI=1S/C28H28F3N3O3S/c1-3-34(18(2)24(35)19-9-5-4-6-10-19)27(37)23-17-38-25(32-23)20-13-15-33(16-14-20)26(36)21-11-7-8-12-22(21)28(29,30)31/h4-12,17-18,20H,3,13-16H2,1-2H3. The van der Waals surface area contributed by atoms with E-state index in [9.17, 15) is 27.6 Å². The molecule has 1 aliphatic heterocycles. The Kier molecular flexibility index (Phi) is 8.30. The first kappa shape index (κ1) is 27.5. The van der Waals surface area contributed by atoms with Crippen molar-refractivity contribution < 1.29 is 27.6 Å². The second-order valence-electron chi connectivity index (χ2n) is 9.18. The summed E-state index contributed by atoms with van der Waals surface area (Å²) in [5.41, 5.74) is -0.489. The van der Waals surface area contributed by atoms with Crippen molar-refractivity contribution in [3.05, 3.63) is 87.4 Å². The fourth-order valence-electron chi connectivity index (χ4n) is 4.72. The zero-order valence-electron chi connectivity index (χ0n) is 21.1. The van der Waals surface area contributed by atoms with E-state index in [4.69, 9.17) is 0 Å². The Morgan fingerprint density at radius 3 is 2.32 bits per heavy atom. The SMILES string of the molecule is CCN(C(=O)c1csc(C2CCN(C(=O)c3ccccc3C(F)(F)F)CC2)n1)C(C)C(=O)c1ccccc1. The van der Waals surface area contributed by atoms with Gasteiger partial charge in [0.2, 0.25) is 0 Å². The number of hydrogen-bond acceptors (Lipinski definition) is 5. The number of piperidine rings is 1. The van der Waals surface area contributed by atoms with E-state index in [-0.39, 0.29) is 28.9 Å². The number of aromatic nitrogens is 1. The Hall–Kier alpha value is -3.53. The summed E-state index contributed by atoms with van der Waals surface area (Å²) in [5.74, 6) is -1.13. The van der Waals surface area contributed by atoms with Crippen LogP contribution in [-0.2, 0) is 6.18 Å². The fraction of sp³-hybridized carbons (Fsp3) is 0.357. The number of halogens is 3. The van der Waals surface area contributed by atoms with Crippen LogP contribution in [0.1, 0.15) is 74.4 Å². The van der Waals surface area contributed by atoms with Crippen LogP contribution in [0.3, 0.4) is 0 Å². The Morgan fingerprint density at radius 2 is 1.68 bits per heavy atom. The van der Waals surface area contributed by atoms with E-state index in [0.717, 1.165) is 11.1 Å². The number of benzene rings is 2. The van der Waals surface area contributed by atoms with Crippen LogP contribution in [0.5, 0.6) is 0 Å². The van der Waals surface area contributed by atoms with Gasteiger partial charge in [-0.2, -0.15) is 13.2 Å². The number of amides is 2. The molecule has 0 N–H and O–H groups in total. The van der Waals surface area contributed by atoms with Crippen LogP contribution in [0.4, 0.5) is 13.2 Å². The Balaban J connectivity index is 1.41. The van der Waals surface area contributed by atoms with Gasteiger partial charge >= 0.3 is 6.18 Å². The highest BCUT2D eigenvalue weighted by molar-refractivity contribution is 7.09. The molecule has 4 rings (SSSR count). The number of likely N-dealkylation sites (N-methyl/N-ethyl adjacent to an activating group) is 1. The molecule has 1 atom stereocenters. The average molecular weight is 544 g/mol. The zero-order chi connectivity index (χ0) is 27.4. The number of Topliss-reactive ketones (excluding diaryl/α,β-unsaturated/α-hetero) is 1. The first-order chi connectivity index (χ1) is 18.1. The third kappa shape index (κ3) is 5.80. The minimum absolute atomic E-state index is 0.0121. The van der Waals surface area contributed by atoms with Crippen LogP contribution in [0, 0.1) is 0 Å². The predicted molar refractivity (Wildman–Crippen MR) is 138 cm³/mol. The van der Waals surface area contributed by atoms with Gasteiger partial charge in [-0.1, -0.05) is 42.5 Å². The van der Waals surface area contributed by atoms with Gasteiger partial charge in [-0.15, -0.1) is 11.3 Å². The van der Waals surface area contributed by atoms with Crippen LogP contribution in [0.25, 0.3) is 0 Å². The molecule has 1 saturated heterocycles. The maximum atomic E-state index is 13.4. The van der Waals surface area contributed by atoms with Crippen molar-refractivity contribution in [2.75, 3.05) is 19.6 Å². The van der Waals surface area contributed by atoms with E-state index in [1.807, 2.05) is 13.0 Å². The van der Waals surface area contributed by atoms with Gasteiger partial charge < -0.3 is 9.80 Å². The topological polar surface area (TPSA) is 70.6 Å². The highest BCUT2D eigenvalue weighted by Crippen LogP contribution is 2.35. The van der Waals surface area contributed by atoms with Crippen LogP contribution in [0.2, 0.25) is 0 Å². The van der Waals surface area contributed by atoms with Gasteiger partial charge in [0, 0.05) is 36.5 Å². The number of alkyl halides is 3. The number of carbonyl (C=O) groups excluding carboxylic acids is 3. The minimum Gasteiger partial charge on any atom is -0.339 e. The van der Waals surface area contributed by atoms with Gasteiger partial charge in [0.05, 0.1) is 22.2 Å². The molecular weight excluding hydrogens is 515 g/mol. The molecule has 6 nitrogen and oxygen atoms in total. The van der Waals surface area contributed by atoms with Gasteiger partial charge in [0.15, 0.2) is 5.78 Å². The first-order valence-corrected chi connectivity index (χ1v) is 13.3. The number of hydrogen-bond donors (Lipinski definition) is 0. The number of ketones is 1. The number of carbonyl (C=O) groups is 3. The van der Waals surface area contributed by atoms with E-state index < -0.39 is 23.7 Å². The van der Waals surface area contributed by atoms with Crippen molar-refractivity contribution >= 4 is 28.9 Å². The lowest BCUT2D eigenvalue weighted by Gasteiger charge is -2.31. The van der Waals surface area contributed by atoms with E-state index in [1.165, 1.54) is 39.3 Å². The molecule has 1 aromatic heterocycles. The molecule has 3 aromatic rings. The van der Waals surface area contributed by atoms with Crippen LogP contribution in [-0.4, -0.2) is 58.1 Å². The molecule has 0 spiro atoms. The molecule has 0 saturated carbocycles. The second kappa shape index (κ2) is 11.5. The molecule has 1 fully saturated rings. The van der Waals surface area contributed by atoms with Gasteiger partial charge in [-0.25, -0.2) is 4.98 Å². The lowest BCUT2D eigenvalue weighted by molar-refractivity contribution is -0.138. The summed E-state index contributed by atoms with van der Waals surface area (Å²) in [5, 5.41) is 2.42. The highest BCUT2D eigenvalue weighted by atomic mass is 32.1. The maximum Gasteiger partial charge on any atom is 0.417 e. The molecule has 1 aliphatic rings. The number of nitrogens with zero attached hydrogens (tertiary/aromatic N) is 3. The number of rotatable bonds is 7. The lowest BCUT2D eigenvalue weighted by Crippen LogP contribution is -2.43.